The second-order valence-corrected chi connectivity index (χ2v) is 13.9. The number of esters is 3. The van der Waals surface area contributed by atoms with Gasteiger partial charge < -0.3 is 14.2 Å². The van der Waals surface area contributed by atoms with Crippen LogP contribution in [0, 0.1) is 11.8 Å². The van der Waals surface area contributed by atoms with Gasteiger partial charge >= 0.3 is 17.9 Å². The number of unbranched alkanes of at least 4 members (excludes halogenated alkanes) is 17. The van der Waals surface area contributed by atoms with Gasteiger partial charge in [0.1, 0.15) is 13.2 Å². The third-order valence-corrected chi connectivity index (χ3v) is 8.83. The summed E-state index contributed by atoms with van der Waals surface area (Å²) in [7, 11) is 0. The number of hydrogen-bond donors (Lipinski definition) is 0. The van der Waals surface area contributed by atoms with Crippen molar-refractivity contribution in [1.82, 2.24) is 0 Å². The third-order valence-electron chi connectivity index (χ3n) is 8.83. The number of carbonyl (C=O) groups excluding carboxylic acids is 3. The van der Waals surface area contributed by atoms with E-state index in [-0.39, 0.29) is 31.1 Å². The van der Waals surface area contributed by atoms with E-state index in [1.54, 1.807) is 0 Å². The van der Waals surface area contributed by atoms with Crippen molar-refractivity contribution in [3.8, 4) is 0 Å². The van der Waals surface area contributed by atoms with Crippen LogP contribution in [0.1, 0.15) is 202 Å². The Morgan fingerprint density at radius 2 is 0.844 bits per heavy atom. The molecule has 6 nitrogen and oxygen atoms in total. The van der Waals surface area contributed by atoms with Gasteiger partial charge in [0.2, 0.25) is 0 Å². The van der Waals surface area contributed by atoms with Crippen LogP contribution >= 0.6 is 0 Å². The minimum absolute atomic E-state index is 0.0681. The Balaban J connectivity index is 4.29. The molecule has 0 aromatic rings. The molecule has 0 saturated heterocycles. The second kappa shape index (κ2) is 32.4. The van der Waals surface area contributed by atoms with Gasteiger partial charge in [0, 0.05) is 19.3 Å². The molecule has 2 atom stereocenters. The molecule has 45 heavy (non-hydrogen) atoms. The van der Waals surface area contributed by atoms with Crippen molar-refractivity contribution >= 4 is 17.9 Å². The standard InChI is InChI=1S/C39H74O6/c1-6-8-9-17-24-29-37(40)43-32-36(45-39(42)31-26-21-16-15-19-23-28-35(5)7-2)33-44-38(41)30-25-20-14-12-10-11-13-18-22-27-34(3)4/h34-36H,6-33H2,1-5H3/t35?,36-/m1/s1. The first-order valence-electron chi connectivity index (χ1n) is 19.3. The van der Waals surface area contributed by atoms with E-state index in [4.69, 9.17) is 14.2 Å². The summed E-state index contributed by atoms with van der Waals surface area (Å²) in [4.78, 5) is 37.2. The van der Waals surface area contributed by atoms with E-state index in [0.29, 0.717) is 19.3 Å². The van der Waals surface area contributed by atoms with Crippen molar-refractivity contribution in [2.45, 2.75) is 208 Å². The highest BCUT2D eigenvalue weighted by atomic mass is 16.6. The van der Waals surface area contributed by atoms with Crippen LogP contribution in [0.5, 0.6) is 0 Å². The van der Waals surface area contributed by atoms with Crippen LogP contribution < -0.4 is 0 Å². The minimum Gasteiger partial charge on any atom is -0.462 e. The molecule has 0 heterocycles. The Bertz CT molecular complexity index is 691. The summed E-state index contributed by atoms with van der Waals surface area (Å²) in [5, 5.41) is 0. The molecule has 0 fully saturated rings. The van der Waals surface area contributed by atoms with Crippen LogP contribution in [-0.2, 0) is 28.6 Å². The van der Waals surface area contributed by atoms with Gasteiger partial charge in [-0.1, -0.05) is 163 Å². The topological polar surface area (TPSA) is 78.9 Å². The smallest absolute Gasteiger partial charge is 0.306 e. The molecule has 0 N–H and O–H groups in total. The first-order valence-corrected chi connectivity index (χ1v) is 19.3. The predicted molar refractivity (Wildman–Crippen MR) is 187 cm³/mol. The summed E-state index contributed by atoms with van der Waals surface area (Å²) in [5.41, 5.74) is 0. The highest BCUT2D eigenvalue weighted by Crippen LogP contribution is 2.16. The van der Waals surface area contributed by atoms with E-state index < -0.39 is 6.10 Å². The van der Waals surface area contributed by atoms with Crippen LogP contribution in [0.3, 0.4) is 0 Å². The molecule has 0 saturated carbocycles. The number of rotatable bonds is 33. The molecule has 0 amide bonds. The maximum Gasteiger partial charge on any atom is 0.306 e. The molecule has 0 aromatic heterocycles. The molecule has 6 heteroatoms. The van der Waals surface area contributed by atoms with Crippen molar-refractivity contribution in [2.75, 3.05) is 13.2 Å². The van der Waals surface area contributed by atoms with Crippen molar-refractivity contribution < 1.29 is 28.6 Å². The normalized spacial score (nSPS) is 12.7. The fourth-order valence-electron chi connectivity index (χ4n) is 5.48. The highest BCUT2D eigenvalue weighted by Gasteiger charge is 2.19. The van der Waals surface area contributed by atoms with Gasteiger partial charge in [0.15, 0.2) is 6.10 Å². The molecule has 0 rings (SSSR count). The van der Waals surface area contributed by atoms with Gasteiger partial charge in [-0.2, -0.15) is 0 Å². The first kappa shape index (κ1) is 43.4. The summed E-state index contributed by atoms with van der Waals surface area (Å²) in [6.45, 7) is 11.2. The zero-order valence-electron chi connectivity index (χ0n) is 30.5. The molecule has 0 spiro atoms. The lowest BCUT2D eigenvalue weighted by molar-refractivity contribution is -0.167. The quantitative estimate of drug-likeness (QED) is 0.0404. The molecule has 0 aliphatic carbocycles. The lowest BCUT2D eigenvalue weighted by atomic mass is 10.00. The predicted octanol–water partition coefficient (Wildman–Crippen LogP) is 11.5. The van der Waals surface area contributed by atoms with Gasteiger partial charge in [-0.05, 0) is 31.1 Å². The Hall–Kier alpha value is -1.59. The Morgan fingerprint density at radius 1 is 0.467 bits per heavy atom. The second-order valence-electron chi connectivity index (χ2n) is 13.9. The minimum atomic E-state index is -0.758. The summed E-state index contributed by atoms with van der Waals surface area (Å²) >= 11 is 0. The van der Waals surface area contributed by atoms with Gasteiger partial charge in [-0.3, -0.25) is 14.4 Å². The SMILES string of the molecule is CCCCCCCC(=O)OC[C@H](COC(=O)CCCCCCCCCCCC(C)C)OC(=O)CCCCCCCCC(C)CC. The zero-order valence-corrected chi connectivity index (χ0v) is 30.5. The van der Waals surface area contributed by atoms with Crippen molar-refractivity contribution in [3.63, 3.8) is 0 Å². The Morgan fingerprint density at radius 3 is 1.27 bits per heavy atom. The van der Waals surface area contributed by atoms with Gasteiger partial charge in [-0.15, -0.1) is 0 Å². The van der Waals surface area contributed by atoms with E-state index >= 15 is 0 Å². The van der Waals surface area contributed by atoms with Crippen molar-refractivity contribution in [1.29, 1.82) is 0 Å². The van der Waals surface area contributed by atoms with E-state index in [0.717, 1.165) is 76.0 Å². The lowest BCUT2D eigenvalue weighted by Crippen LogP contribution is -2.30. The monoisotopic (exact) mass is 639 g/mol. The van der Waals surface area contributed by atoms with Gasteiger partial charge in [0.05, 0.1) is 0 Å². The summed E-state index contributed by atoms with van der Waals surface area (Å²) in [6, 6.07) is 0. The van der Waals surface area contributed by atoms with Crippen LogP contribution in [0.4, 0.5) is 0 Å². The molecule has 266 valence electrons. The fraction of sp³-hybridized carbons (Fsp3) is 0.923. The van der Waals surface area contributed by atoms with Crippen LogP contribution in [0.25, 0.3) is 0 Å². The zero-order chi connectivity index (χ0) is 33.4. The van der Waals surface area contributed by atoms with Crippen LogP contribution in [0.15, 0.2) is 0 Å². The molecular formula is C39H74O6. The van der Waals surface area contributed by atoms with Crippen LogP contribution in [0.2, 0.25) is 0 Å². The van der Waals surface area contributed by atoms with E-state index in [1.165, 1.54) is 83.5 Å². The van der Waals surface area contributed by atoms with Gasteiger partial charge in [-0.25, -0.2) is 0 Å². The maximum absolute atomic E-state index is 12.6. The van der Waals surface area contributed by atoms with Crippen molar-refractivity contribution in [2.24, 2.45) is 11.8 Å². The third kappa shape index (κ3) is 32.2. The Kier molecular flexibility index (Phi) is 31.2. The molecule has 1 unspecified atom stereocenters. The van der Waals surface area contributed by atoms with Crippen molar-refractivity contribution in [3.05, 3.63) is 0 Å². The molecular weight excluding hydrogens is 564 g/mol. The summed E-state index contributed by atoms with van der Waals surface area (Å²) < 4.78 is 16.5. The lowest BCUT2D eigenvalue weighted by Gasteiger charge is -2.18. The molecule has 0 aliphatic rings. The highest BCUT2D eigenvalue weighted by molar-refractivity contribution is 5.71. The fourth-order valence-corrected chi connectivity index (χ4v) is 5.48. The largest absolute Gasteiger partial charge is 0.462 e. The molecule has 0 radical (unpaired) electrons. The number of ether oxygens (including phenoxy) is 3. The number of carbonyl (C=O) groups is 3. The van der Waals surface area contributed by atoms with E-state index in [2.05, 4.69) is 34.6 Å². The van der Waals surface area contributed by atoms with Crippen LogP contribution in [-0.4, -0.2) is 37.2 Å². The average molecular weight is 639 g/mol. The molecule has 0 aliphatic heterocycles. The van der Waals surface area contributed by atoms with Gasteiger partial charge in [0.25, 0.3) is 0 Å². The molecule has 0 bridgehead atoms. The van der Waals surface area contributed by atoms with E-state index in [1.807, 2.05) is 0 Å². The first-order chi connectivity index (χ1) is 21.8. The van der Waals surface area contributed by atoms with E-state index in [9.17, 15) is 14.4 Å². The summed E-state index contributed by atoms with van der Waals surface area (Å²) in [5.74, 6) is 0.734. The maximum atomic E-state index is 12.6. The Labute approximate surface area is 278 Å². The number of hydrogen-bond acceptors (Lipinski definition) is 6. The average Bonchev–Trinajstić information content (AvgIpc) is 3.01. The summed E-state index contributed by atoms with van der Waals surface area (Å²) in [6.07, 6.45) is 26.9. The molecule has 0 aromatic carbocycles.